The number of benzene rings is 6. The molecule has 1 aliphatic carbocycles. The highest BCUT2D eigenvalue weighted by Gasteiger charge is 2.31. The topological polar surface area (TPSA) is 43.6 Å². The third-order valence-electron chi connectivity index (χ3n) is 11.2. The molecule has 0 saturated heterocycles. The highest BCUT2D eigenvalue weighted by atomic mass is 15.0. The maximum Gasteiger partial charge on any atom is 0.0716 e. The van der Waals surface area contributed by atoms with Crippen LogP contribution in [-0.2, 0) is 0 Å². The fourth-order valence-electron chi connectivity index (χ4n) is 8.66. The lowest BCUT2D eigenvalue weighted by Crippen LogP contribution is -2.03. The molecule has 56 heavy (non-hydrogen) atoms. The van der Waals surface area contributed by atoms with Gasteiger partial charge >= 0.3 is 0 Å². The van der Waals surface area contributed by atoms with Crippen LogP contribution in [-0.4, -0.2) is 19.5 Å². The molecule has 4 heterocycles. The molecule has 0 fully saturated rings. The summed E-state index contributed by atoms with van der Waals surface area (Å²) in [6.07, 6.45) is 7.80. The van der Waals surface area contributed by atoms with Crippen LogP contribution in [0.4, 0.5) is 0 Å². The molecule has 0 aliphatic heterocycles. The number of para-hydroxylation sites is 1. The molecule has 0 N–H and O–H groups in total. The van der Waals surface area contributed by atoms with Gasteiger partial charge in [0.1, 0.15) is 0 Å². The fraction of sp³-hybridized carbons (Fsp3) is 0.0192. The van der Waals surface area contributed by atoms with Crippen LogP contribution in [0, 0.1) is 0 Å². The lowest BCUT2D eigenvalue weighted by atomic mass is 9.87. The normalized spacial score (nSPS) is 13.2. The first kappa shape index (κ1) is 32.0. The second-order valence-electron chi connectivity index (χ2n) is 14.5. The standard InChI is InChI=1S/C52H34N4/c1-3-11-34(12-4-1)35-19-21-36(22-20-35)38-30-48(37-13-5-2-6-14-37)55-49(31-38)39-27-40(52-44-17-8-7-15-42(44)46-32-53-25-23-45(46)52)29-41(28-39)56-50-18-10-9-16-43(50)47-33-54-26-24-51(47)56/h1-33,52H. The summed E-state index contributed by atoms with van der Waals surface area (Å²) in [6.45, 7) is 0. The first-order valence-corrected chi connectivity index (χ1v) is 19.0. The van der Waals surface area contributed by atoms with E-state index in [0.29, 0.717) is 0 Å². The second-order valence-corrected chi connectivity index (χ2v) is 14.5. The van der Waals surface area contributed by atoms with Crippen LogP contribution < -0.4 is 0 Å². The molecule has 262 valence electrons. The smallest absolute Gasteiger partial charge is 0.0716 e. The van der Waals surface area contributed by atoms with Crippen molar-refractivity contribution < 1.29 is 0 Å². The quantitative estimate of drug-likeness (QED) is 0.172. The molecule has 6 aromatic carbocycles. The molecule has 4 aromatic heterocycles. The number of hydrogen-bond acceptors (Lipinski definition) is 3. The highest BCUT2D eigenvalue weighted by molar-refractivity contribution is 6.09. The molecular weight excluding hydrogens is 681 g/mol. The number of hydrogen-bond donors (Lipinski definition) is 0. The summed E-state index contributed by atoms with van der Waals surface area (Å²) in [5.41, 5.74) is 18.2. The van der Waals surface area contributed by atoms with Gasteiger partial charge in [-0.1, -0.05) is 127 Å². The Morgan fingerprint density at radius 1 is 0.393 bits per heavy atom. The molecule has 10 aromatic rings. The minimum Gasteiger partial charge on any atom is -0.309 e. The molecule has 1 atom stereocenters. The van der Waals surface area contributed by atoms with Crippen molar-refractivity contribution in [2.24, 2.45) is 0 Å². The van der Waals surface area contributed by atoms with Gasteiger partial charge in [-0.05, 0) is 93.0 Å². The molecule has 11 rings (SSSR count). The molecule has 1 unspecified atom stereocenters. The van der Waals surface area contributed by atoms with Gasteiger partial charge in [0.05, 0.1) is 22.4 Å². The Bertz CT molecular complexity index is 2970. The Morgan fingerprint density at radius 3 is 1.82 bits per heavy atom. The second kappa shape index (κ2) is 13.2. The van der Waals surface area contributed by atoms with Crippen LogP contribution in [0.5, 0.6) is 0 Å². The van der Waals surface area contributed by atoms with E-state index in [4.69, 9.17) is 4.98 Å². The van der Waals surface area contributed by atoms with Gasteiger partial charge in [0.25, 0.3) is 0 Å². The van der Waals surface area contributed by atoms with Crippen molar-refractivity contribution >= 4 is 21.8 Å². The van der Waals surface area contributed by atoms with Crippen LogP contribution in [0.2, 0.25) is 0 Å². The molecule has 0 amide bonds. The number of pyridine rings is 3. The average Bonchev–Trinajstić information content (AvgIpc) is 3.80. The zero-order valence-corrected chi connectivity index (χ0v) is 30.4. The fourth-order valence-corrected chi connectivity index (χ4v) is 8.66. The lowest BCUT2D eigenvalue weighted by Gasteiger charge is -2.19. The zero-order chi connectivity index (χ0) is 37.0. The van der Waals surface area contributed by atoms with E-state index in [2.05, 4.69) is 190 Å². The van der Waals surface area contributed by atoms with Gasteiger partial charge in [-0.15, -0.1) is 0 Å². The summed E-state index contributed by atoms with van der Waals surface area (Å²) in [4.78, 5) is 14.5. The Morgan fingerprint density at radius 2 is 1.00 bits per heavy atom. The van der Waals surface area contributed by atoms with Gasteiger partial charge in [0.2, 0.25) is 0 Å². The average molecular weight is 715 g/mol. The summed E-state index contributed by atoms with van der Waals surface area (Å²) in [5, 5.41) is 2.30. The molecule has 4 nitrogen and oxygen atoms in total. The number of fused-ring (bicyclic) bond motifs is 6. The number of rotatable bonds is 6. The molecular formula is C52H34N4. The third kappa shape index (κ3) is 5.34. The Hall–Kier alpha value is -7.43. The SMILES string of the molecule is c1ccc(-c2ccc(-c3cc(-c4ccccc4)nc(-c4cc(C5c6ccccc6-c6cnccc65)cc(-n5c6ccccc6c6cnccc65)c4)c3)cc2)cc1. The molecule has 0 bridgehead atoms. The Labute approximate surface area is 325 Å². The van der Waals surface area contributed by atoms with Crippen molar-refractivity contribution in [1.29, 1.82) is 0 Å². The minimum absolute atomic E-state index is 0.0277. The molecule has 4 heteroatoms. The summed E-state index contributed by atoms with van der Waals surface area (Å²) in [5.74, 6) is 0.0277. The molecule has 0 saturated carbocycles. The number of nitrogens with zero attached hydrogens (tertiary/aromatic N) is 4. The monoisotopic (exact) mass is 714 g/mol. The van der Waals surface area contributed by atoms with Gasteiger partial charge in [-0.3, -0.25) is 9.97 Å². The summed E-state index contributed by atoms with van der Waals surface area (Å²) in [7, 11) is 0. The summed E-state index contributed by atoms with van der Waals surface area (Å²) in [6, 6.07) is 63.1. The van der Waals surface area contributed by atoms with E-state index in [0.717, 1.165) is 55.7 Å². The third-order valence-corrected chi connectivity index (χ3v) is 11.2. The number of aromatic nitrogens is 4. The van der Waals surface area contributed by atoms with E-state index in [1.165, 1.54) is 44.3 Å². The predicted molar refractivity (Wildman–Crippen MR) is 229 cm³/mol. The Balaban J connectivity index is 1.16. The van der Waals surface area contributed by atoms with Gasteiger partial charge in [0, 0.05) is 63.9 Å². The van der Waals surface area contributed by atoms with Crippen LogP contribution in [0.1, 0.15) is 22.6 Å². The van der Waals surface area contributed by atoms with Crippen molar-refractivity contribution in [2.75, 3.05) is 0 Å². The van der Waals surface area contributed by atoms with E-state index >= 15 is 0 Å². The molecule has 1 aliphatic rings. The molecule has 0 radical (unpaired) electrons. The zero-order valence-electron chi connectivity index (χ0n) is 30.4. The van der Waals surface area contributed by atoms with Gasteiger partial charge in [0.15, 0.2) is 0 Å². The van der Waals surface area contributed by atoms with E-state index in [-0.39, 0.29) is 5.92 Å². The van der Waals surface area contributed by atoms with Gasteiger partial charge in [-0.25, -0.2) is 4.98 Å². The van der Waals surface area contributed by atoms with Crippen LogP contribution in [0.15, 0.2) is 201 Å². The van der Waals surface area contributed by atoms with Crippen LogP contribution >= 0.6 is 0 Å². The van der Waals surface area contributed by atoms with E-state index < -0.39 is 0 Å². The summed E-state index contributed by atoms with van der Waals surface area (Å²) < 4.78 is 2.39. The lowest BCUT2D eigenvalue weighted by molar-refractivity contribution is 1.00. The van der Waals surface area contributed by atoms with Crippen molar-refractivity contribution in [3.05, 3.63) is 217 Å². The largest absolute Gasteiger partial charge is 0.309 e. The van der Waals surface area contributed by atoms with Crippen molar-refractivity contribution in [3.8, 4) is 61.6 Å². The van der Waals surface area contributed by atoms with Crippen LogP contribution in [0.3, 0.4) is 0 Å². The minimum atomic E-state index is 0.0277. The molecule has 0 spiro atoms. The van der Waals surface area contributed by atoms with Crippen LogP contribution in [0.25, 0.3) is 83.4 Å². The predicted octanol–water partition coefficient (Wildman–Crippen LogP) is 12.8. The van der Waals surface area contributed by atoms with Crippen molar-refractivity contribution in [2.45, 2.75) is 5.92 Å². The first-order valence-electron chi connectivity index (χ1n) is 19.0. The van der Waals surface area contributed by atoms with Crippen molar-refractivity contribution in [1.82, 2.24) is 19.5 Å². The highest BCUT2D eigenvalue weighted by Crippen LogP contribution is 2.49. The maximum absolute atomic E-state index is 5.44. The Kier molecular flexibility index (Phi) is 7.52. The van der Waals surface area contributed by atoms with Gasteiger partial charge < -0.3 is 4.57 Å². The van der Waals surface area contributed by atoms with E-state index in [1.807, 2.05) is 24.8 Å². The van der Waals surface area contributed by atoms with E-state index in [1.54, 1.807) is 0 Å². The first-order chi connectivity index (χ1) is 27.8. The van der Waals surface area contributed by atoms with Gasteiger partial charge in [-0.2, -0.15) is 0 Å². The maximum atomic E-state index is 5.44. The van der Waals surface area contributed by atoms with E-state index in [9.17, 15) is 0 Å². The summed E-state index contributed by atoms with van der Waals surface area (Å²) >= 11 is 0. The van der Waals surface area contributed by atoms with Crippen molar-refractivity contribution in [3.63, 3.8) is 0 Å².